The van der Waals surface area contributed by atoms with Crippen LogP contribution in [0, 0.1) is 11.7 Å². The van der Waals surface area contributed by atoms with Crippen LogP contribution in [0.2, 0.25) is 0 Å². The Bertz CT molecular complexity index is 532. The SMILES string of the molecule is CC(Oc1ccccc1F)C(=O)NNC(=O)C1CCOCC1. The lowest BCUT2D eigenvalue weighted by Gasteiger charge is -2.22. The zero-order chi connectivity index (χ0) is 15.9. The van der Waals surface area contributed by atoms with E-state index in [9.17, 15) is 14.0 Å². The number of benzene rings is 1. The zero-order valence-electron chi connectivity index (χ0n) is 12.3. The molecule has 120 valence electrons. The number of carbonyl (C=O) groups is 2. The number of halogens is 1. The molecular weight excluding hydrogens is 291 g/mol. The van der Waals surface area contributed by atoms with Gasteiger partial charge in [-0.2, -0.15) is 0 Å². The average Bonchev–Trinajstić information content (AvgIpc) is 2.55. The molecule has 1 fully saturated rings. The number of amides is 2. The normalized spacial score (nSPS) is 16.6. The minimum absolute atomic E-state index is 0.0131. The highest BCUT2D eigenvalue weighted by Crippen LogP contribution is 2.17. The second-order valence-corrected chi connectivity index (χ2v) is 5.06. The third kappa shape index (κ3) is 4.42. The van der Waals surface area contributed by atoms with Gasteiger partial charge in [0.05, 0.1) is 0 Å². The second-order valence-electron chi connectivity index (χ2n) is 5.06. The van der Waals surface area contributed by atoms with Crippen LogP contribution >= 0.6 is 0 Å². The molecule has 1 saturated heterocycles. The van der Waals surface area contributed by atoms with E-state index in [0.717, 1.165) is 0 Å². The average molecular weight is 310 g/mol. The molecule has 2 N–H and O–H groups in total. The number of rotatable bonds is 4. The van der Waals surface area contributed by atoms with Crippen molar-refractivity contribution in [2.75, 3.05) is 13.2 Å². The minimum atomic E-state index is -0.938. The molecule has 1 aromatic carbocycles. The number of hydrazine groups is 1. The third-order valence-electron chi connectivity index (χ3n) is 3.41. The summed E-state index contributed by atoms with van der Waals surface area (Å²) >= 11 is 0. The maximum atomic E-state index is 13.4. The van der Waals surface area contributed by atoms with Gasteiger partial charge < -0.3 is 9.47 Å². The third-order valence-corrected chi connectivity index (χ3v) is 3.41. The van der Waals surface area contributed by atoms with Gasteiger partial charge in [0.25, 0.3) is 5.91 Å². The van der Waals surface area contributed by atoms with Crippen LogP contribution in [0.25, 0.3) is 0 Å². The molecule has 6 nitrogen and oxygen atoms in total. The molecule has 1 unspecified atom stereocenters. The van der Waals surface area contributed by atoms with E-state index in [2.05, 4.69) is 10.9 Å². The predicted molar refractivity (Wildman–Crippen MR) is 76.3 cm³/mol. The van der Waals surface area contributed by atoms with Crippen LogP contribution in [0.15, 0.2) is 24.3 Å². The lowest BCUT2D eigenvalue weighted by Crippen LogP contribution is -2.49. The van der Waals surface area contributed by atoms with Crippen molar-refractivity contribution < 1.29 is 23.5 Å². The van der Waals surface area contributed by atoms with Gasteiger partial charge in [-0.3, -0.25) is 20.4 Å². The summed E-state index contributed by atoms with van der Waals surface area (Å²) in [6.45, 7) is 2.56. The smallest absolute Gasteiger partial charge is 0.279 e. The molecule has 1 aliphatic rings. The summed E-state index contributed by atoms with van der Waals surface area (Å²) in [6.07, 6.45) is 0.318. The maximum absolute atomic E-state index is 13.4. The van der Waals surface area contributed by atoms with Crippen LogP contribution in [-0.2, 0) is 14.3 Å². The van der Waals surface area contributed by atoms with E-state index in [1.165, 1.54) is 25.1 Å². The number of ether oxygens (including phenoxy) is 2. The molecule has 1 aliphatic heterocycles. The van der Waals surface area contributed by atoms with E-state index in [1.807, 2.05) is 0 Å². The van der Waals surface area contributed by atoms with E-state index in [-0.39, 0.29) is 17.6 Å². The Hall–Kier alpha value is -2.15. The summed E-state index contributed by atoms with van der Waals surface area (Å²) in [5.74, 6) is -1.54. The first-order valence-corrected chi connectivity index (χ1v) is 7.16. The number of carbonyl (C=O) groups excluding carboxylic acids is 2. The summed E-state index contributed by atoms with van der Waals surface area (Å²) in [4.78, 5) is 23.7. The van der Waals surface area contributed by atoms with E-state index in [1.54, 1.807) is 6.07 Å². The van der Waals surface area contributed by atoms with E-state index >= 15 is 0 Å². The van der Waals surface area contributed by atoms with E-state index in [4.69, 9.17) is 9.47 Å². The lowest BCUT2D eigenvalue weighted by atomic mass is 10.00. The van der Waals surface area contributed by atoms with Crippen molar-refractivity contribution in [1.29, 1.82) is 0 Å². The van der Waals surface area contributed by atoms with Crippen molar-refractivity contribution in [3.05, 3.63) is 30.1 Å². The Balaban J connectivity index is 1.79. The number of para-hydroxylation sites is 1. The van der Waals surface area contributed by atoms with Gasteiger partial charge >= 0.3 is 0 Å². The molecule has 2 rings (SSSR count). The Labute approximate surface area is 127 Å². The quantitative estimate of drug-likeness (QED) is 0.819. The molecule has 22 heavy (non-hydrogen) atoms. The molecule has 0 aliphatic carbocycles. The topological polar surface area (TPSA) is 76.7 Å². The highest BCUT2D eigenvalue weighted by molar-refractivity contribution is 5.85. The van der Waals surface area contributed by atoms with Crippen LogP contribution < -0.4 is 15.6 Å². The molecule has 0 spiro atoms. The molecule has 0 bridgehead atoms. The van der Waals surface area contributed by atoms with Crippen molar-refractivity contribution in [3.63, 3.8) is 0 Å². The number of hydrogen-bond donors (Lipinski definition) is 2. The maximum Gasteiger partial charge on any atom is 0.279 e. The standard InChI is InChI=1S/C15H19FN2O4/c1-10(22-13-5-3-2-4-12(13)16)14(19)17-18-15(20)11-6-8-21-9-7-11/h2-5,10-11H,6-9H2,1H3,(H,17,19)(H,18,20). The van der Waals surface area contributed by atoms with E-state index < -0.39 is 17.8 Å². The van der Waals surface area contributed by atoms with Crippen molar-refractivity contribution >= 4 is 11.8 Å². The van der Waals surface area contributed by atoms with Gasteiger partial charge in [0.15, 0.2) is 17.7 Å². The van der Waals surface area contributed by atoms with Crippen molar-refractivity contribution in [2.24, 2.45) is 5.92 Å². The van der Waals surface area contributed by atoms with Crippen LogP contribution in [0.3, 0.4) is 0 Å². The molecule has 1 atom stereocenters. The van der Waals surface area contributed by atoms with Crippen molar-refractivity contribution in [2.45, 2.75) is 25.9 Å². The summed E-state index contributed by atoms with van der Waals surface area (Å²) in [6, 6.07) is 5.81. The van der Waals surface area contributed by atoms with Gasteiger partial charge in [-0.1, -0.05) is 12.1 Å². The Morgan fingerprint density at radius 1 is 1.27 bits per heavy atom. The van der Waals surface area contributed by atoms with Gasteiger partial charge in [-0.05, 0) is 31.9 Å². The Morgan fingerprint density at radius 2 is 1.95 bits per heavy atom. The molecule has 1 heterocycles. The van der Waals surface area contributed by atoms with Gasteiger partial charge in [-0.15, -0.1) is 0 Å². The van der Waals surface area contributed by atoms with E-state index in [0.29, 0.717) is 26.1 Å². The molecule has 7 heteroatoms. The molecule has 1 aromatic rings. The molecular formula is C15H19FN2O4. The lowest BCUT2D eigenvalue weighted by molar-refractivity contribution is -0.135. The van der Waals surface area contributed by atoms with Crippen LogP contribution in [-0.4, -0.2) is 31.1 Å². The first-order valence-electron chi connectivity index (χ1n) is 7.16. The van der Waals surface area contributed by atoms with Crippen molar-refractivity contribution in [1.82, 2.24) is 10.9 Å². The van der Waals surface area contributed by atoms with Gasteiger partial charge in [-0.25, -0.2) is 4.39 Å². The van der Waals surface area contributed by atoms with Crippen LogP contribution in [0.5, 0.6) is 5.75 Å². The van der Waals surface area contributed by atoms with Gasteiger partial charge in [0, 0.05) is 19.1 Å². The fourth-order valence-electron chi connectivity index (χ4n) is 2.07. The monoisotopic (exact) mass is 310 g/mol. The molecule has 0 radical (unpaired) electrons. The Kier molecular flexibility index (Phi) is 5.71. The second kappa shape index (κ2) is 7.74. The molecule has 0 aromatic heterocycles. The predicted octanol–water partition coefficient (Wildman–Crippen LogP) is 1.17. The highest BCUT2D eigenvalue weighted by Gasteiger charge is 2.23. The zero-order valence-corrected chi connectivity index (χ0v) is 12.3. The number of hydrogen-bond acceptors (Lipinski definition) is 4. The molecule has 2 amide bonds. The summed E-state index contributed by atoms with van der Waals surface area (Å²) in [5, 5.41) is 0. The largest absolute Gasteiger partial charge is 0.478 e. The Morgan fingerprint density at radius 3 is 2.64 bits per heavy atom. The first-order chi connectivity index (χ1) is 10.6. The first kappa shape index (κ1) is 16.2. The number of nitrogens with one attached hydrogen (secondary N) is 2. The highest BCUT2D eigenvalue weighted by atomic mass is 19.1. The van der Waals surface area contributed by atoms with Crippen molar-refractivity contribution in [3.8, 4) is 5.75 Å². The fourth-order valence-corrected chi connectivity index (χ4v) is 2.07. The summed E-state index contributed by atoms with van der Waals surface area (Å²) in [7, 11) is 0. The van der Waals surface area contributed by atoms with Gasteiger partial charge in [0.2, 0.25) is 5.91 Å². The minimum Gasteiger partial charge on any atom is -0.478 e. The van der Waals surface area contributed by atoms with Crippen LogP contribution in [0.4, 0.5) is 4.39 Å². The fraction of sp³-hybridized carbons (Fsp3) is 0.467. The van der Waals surface area contributed by atoms with Gasteiger partial charge in [0.1, 0.15) is 0 Å². The summed E-state index contributed by atoms with van der Waals surface area (Å²) < 4.78 is 23.8. The summed E-state index contributed by atoms with van der Waals surface area (Å²) in [5.41, 5.74) is 4.66. The van der Waals surface area contributed by atoms with Crippen LogP contribution in [0.1, 0.15) is 19.8 Å². The molecule has 0 saturated carbocycles.